The van der Waals surface area contributed by atoms with Gasteiger partial charge in [0.1, 0.15) is 11.4 Å². The molecule has 0 atom stereocenters. The molecule has 0 N–H and O–H groups in total. The largest absolute Gasteiger partial charge is 0.423 e. The molecule has 27 heavy (non-hydrogen) atoms. The van der Waals surface area contributed by atoms with Crippen molar-refractivity contribution in [2.45, 2.75) is 6.92 Å². The van der Waals surface area contributed by atoms with Gasteiger partial charge in [-0.2, -0.15) is 0 Å². The summed E-state index contributed by atoms with van der Waals surface area (Å²) in [6.45, 7) is 2.02. The number of hydrogen-bond acceptors (Lipinski definition) is 3. The third kappa shape index (κ3) is 3.22. The molecule has 0 saturated heterocycles. The molecule has 3 aromatic carbocycles. The first-order valence-electron chi connectivity index (χ1n) is 8.66. The molecule has 1 heterocycles. The van der Waals surface area contributed by atoms with Crippen LogP contribution in [0.3, 0.4) is 0 Å². The number of aryl methyl sites for hydroxylation is 1. The van der Waals surface area contributed by atoms with E-state index in [4.69, 9.17) is 4.42 Å². The van der Waals surface area contributed by atoms with Crippen molar-refractivity contribution in [3.8, 4) is 11.1 Å². The van der Waals surface area contributed by atoms with Gasteiger partial charge < -0.3 is 9.32 Å². The number of benzene rings is 3. The number of fused-ring (bicyclic) bond motifs is 1. The molecule has 0 aliphatic heterocycles. The number of anilines is 2. The summed E-state index contributed by atoms with van der Waals surface area (Å²) in [5.41, 5.74) is 4.78. The second kappa shape index (κ2) is 6.72. The molecule has 0 saturated carbocycles. The van der Waals surface area contributed by atoms with Crippen LogP contribution in [0.4, 0.5) is 15.8 Å². The first-order valence-corrected chi connectivity index (χ1v) is 8.66. The van der Waals surface area contributed by atoms with Crippen LogP contribution in [0.25, 0.3) is 22.1 Å². The van der Waals surface area contributed by atoms with E-state index in [9.17, 15) is 9.18 Å². The number of nitrogens with zero attached hydrogens (tertiary/aromatic N) is 1. The smallest absolute Gasteiger partial charge is 0.336 e. The molecule has 0 amide bonds. The molecular weight excluding hydrogens is 341 g/mol. The van der Waals surface area contributed by atoms with Gasteiger partial charge in [-0.05, 0) is 54.4 Å². The molecule has 3 nitrogen and oxygen atoms in total. The van der Waals surface area contributed by atoms with Crippen molar-refractivity contribution in [2.24, 2.45) is 0 Å². The van der Waals surface area contributed by atoms with Gasteiger partial charge in [0.2, 0.25) is 0 Å². The van der Waals surface area contributed by atoms with E-state index in [0.29, 0.717) is 5.58 Å². The first kappa shape index (κ1) is 17.0. The van der Waals surface area contributed by atoms with E-state index < -0.39 is 0 Å². The van der Waals surface area contributed by atoms with E-state index in [1.54, 1.807) is 12.1 Å². The molecule has 4 aromatic rings. The molecule has 0 aliphatic rings. The Morgan fingerprint density at radius 3 is 2.30 bits per heavy atom. The normalized spacial score (nSPS) is 10.9. The highest BCUT2D eigenvalue weighted by atomic mass is 19.1. The monoisotopic (exact) mass is 359 g/mol. The van der Waals surface area contributed by atoms with Crippen LogP contribution >= 0.6 is 0 Å². The van der Waals surface area contributed by atoms with Gasteiger partial charge in [-0.1, -0.05) is 24.3 Å². The Hall–Kier alpha value is -3.40. The lowest BCUT2D eigenvalue weighted by Crippen LogP contribution is -2.09. The average Bonchev–Trinajstić information content (AvgIpc) is 2.67. The van der Waals surface area contributed by atoms with Crippen LogP contribution in [-0.2, 0) is 0 Å². The summed E-state index contributed by atoms with van der Waals surface area (Å²) in [6.07, 6.45) is 0. The lowest BCUT2D eigenvalue weighted by atomic mass is 9.98. The molecule has 4 rings (SSSR count). The minimum atomic E-state index is -0.387. The van der Waals surface area contributed by atoms with Crippen molar-refractivity contribution in [1.82, 2.24) is 0 Å². The fourth-order valence-electron chi connectivity index (χ4n) is 3.27. The minimum absolute atomic E-state index is 0.278. The van der Waals surface area contributed by atoms with Crippen LogP contribution in [0.5, 0.6) is 0 Å². The van der Waals surface area contributed by atoms with Gasteiger partial charge in [0.25, 0.3) is 0 Å². The van der Waals surface area contributed by atoms with Gasteiger partial charge in [0, 0.05) is 41.5 Å². The molecule has 4 heteroatoms. The van der Waals surface area contributed by atoms with Crippen LogP contribution in [-0.4, -0.2) is 7.05 Å². The van der Waals surface area contributed by atoms with Gasteiger partial charge in [0.05, 0.1) is 0 Å². The fourth-order valence-corrected chi connectivity index (χ4v) is 3.27. The number of hydrogen-bond donors (Lipinski definition) is 0. The maximum atomic E-state index is 13.2. The van der Waals surface area contributed by atoms with E-state index in [1.165, 1.54) is 18.2 Å². The first-order chi connectivity index (χ1) is 13.0. The van der Waals surface area contributed by atoms with Crippen LogP contribution in [0, 0.1) is 12.7 Å². The quantitative estimate of drug-likeness (QED) is 0.442. The Morgan fingerprint density at radius 1 is 0.852 bits per heavy atom. The second-order valence-corrected chi connectivity index (χ2v) is 6.51. The fraction of sp³-hybridized carbons (Fsp3) is 0.0870. The molecular formula is C23H18FNO2. The summed E-state index contributed by atoms with van der Waals surface area (Å²) in [6, 6.07) is 21.5. The van der Waals surface area contributed by atoms with Gasteiger partial charge >= 0.3 is 5.63 Å². The minimum Gasteiger partial charge on any atom is -0.423 e. The molecule has 0 spiro atoms. The molecule has 134 valence electrons. The number of rotatable bonds is 3. The van der Waals surface area contributed by atoms with Crippen LogP contribution in [0.2, 0.25) is 0 Å². The van der Waals surface area contributed by atoms with Gasteiger partial charge in [0.15, 0.2) is 0 Å². The Kier molecular flexibility index (Phi) is 4.24. The molecule has 0 fully saturated rings. The zero-order valence-corrected chi connectivity index (χ0v) is 15.1. The second-order valence-electron chi connectivity index (χ2n) is 6.51. The Labute approximate surface area is 156 Å². The summed E-state index contributed by atoms with van der Waals surface area (Å²) < 4.78 is 18.6. The van der Waals surface area contributed by atoms with Crippen LogP contribution < -0.4 is 10.5 Å². The Balaban J connectivity index is 1.85. The summed E-state index contributed by atoms with van der Waals surface area (Å²) in [5.74, 6) is -0.278. The predicted molar refractivity (Wildman–Crippen MR) is 107 cm³/mol. The van der Waals surface area contributed by atoms with E-state index in [-0.39, 0.29) is 11.4 Å². The van der Waals surface area contributed by atoms with E-state index in [1.807, 2.05) is 61.3 Å². The van der Waals surface area contributed by atoms with Gasteiger partial charge in [-0.3, -0.25) is 0 Å². The lowest BCUT2D eigenvalue weighted by Gasteiger charge is -2.20. The van der Waals surface area contributed by atoms with Crippen molar-refractivity contribution in [2.75, 3.05) is 11.9 Å². The van der Waals surface area contributed by atoms with E-state index >= 15 is 0 Å². The van der Waals surface area contributed by atoms with Crippen LogP contribution in [0.15, 0.2) is 82.0 Å². The van der Waals surface area contributed by atoms with Crippen molar-refractivity contribution in [3.05, 3.63) is 94.6 Å². The van der Waals surface area contributed by atoms with Crippen LogP contribution in [0.1, 0.15) is 5.56 Å². The standard InChI is InChI=1S/C23H18FNO2/c1-15-5-3-4-6-19(15)21-14-23(26)27-22-13-18(11-12-20(21)22)25(2)17-9-7-16(24)8-10-17/h3-14H,1-2H3. The summed E-state index contributed by atoms with van der Waals surface area (Å²) in [7, 11) is 1.89. The molecule has 0 radical (unpaired) electrons. The molecule has 0 aliphatic carbocycles. The predicted octanol–water partition coefficient (Wildman–Crippen LogP) is 5.68. The Morgan fingerprint density at radius 2 is 1.56 bits per heavy atom. The lowest BCUT2D eigenvalue weighted by molar-refractivity contribution is 0.561. The highest BCUT2D eigenvalue weighted by molar-refractivity contribution is 5.95. The summed E-state index contributed by atoms with van der Waals surface area (Å²) in [5, 5.41) is 0.875. The van der Waals surface area contributed by atoms with Crippen molar-refractivity contribution < 1.29 is 8.81 Å². The van der Waals surface area contributed by atoms with E-state index in [0.717, 1.165) is 33.5 Å². The topological polar surface area (TPSA) is 33.5 Å². The highest BCUT2D eigenvalue weighted by Gasteiger charge is 2.12. The molecule has 0 unspecified atom stereocenters. The highest BCUT2D eigenvalue weighted by Crippen LogP contribution is 2.33. The Bertz CT molecular complexity index is 1180. The van der Waals surface area contributed by atoms with E-state index in [2.05, 4.69) is 0 Å². The van der Waals surface area contributed by atoms with Gasteiger partial charge in [-0.15, -0.1) is 0 Å². The maximum Gasteiger partial charge on any atom is 0.336 e. The third-order valence-corrected chi connectivity index (χ3v) is 4.76. The molecule has 1 aromatic heterocycles. The van der Waals surface area contributed by atoms with Gasteiger partial charge in [-0.25, -0.2) is 9.18 Å². The number of halogens is 1. The van der Waals surface area contributed by atoms with Crippen molar-refractivity contribution >= 4 is 22.3 Å². The zero-order chi connectivity index (χ0) is 19.0. The third-order valence-electron chi connectivity index (χ3n) is 4.76. The summed E-state index contributed by atoms with van der Waals surface area (Å²) >= 11 is 0. The molecule has 0 bridgehead atoms. The zero-order valence-electron chi connectivity index (χ0n) is 15.1. The maximum absolute atomic E-state index is 13.2. The van der Waals surface area contributed by atoms with Crippen molar-refractivity contribution in [1.29, 1.82) is 0 Å². The summed E-state index contributed by atoms with van der Waals surface area (Å²) in [4.78, 5) is 14.1. The average molecular weight is 359 g/mol. The SMILES string of the molecule is Cc1ccccc1-c1cc(=O)oc2cc(N(C)c3ccc(F)cc3)ccc12. The van der Waals surface area contributed by atoms with Crippen molar-refractivity contribution in [3.63, 3.8) is 0 Å².